The highest BCUT2D eigenvalue weighted by molar-refractivity contribution is 7.13. The summed E-state index contributed by atoms with van der Waals surface area (Å²) in [5.41, 5.74) is 3.46. The first-order valence-corrected chi connectivity index (χ1v) is 10.0. The van der Waals surface area contributed by atoms with Crippen molar-refractivity contribution in [2.45, 2.75) is 0 Å². The number of hydrogen-bond acceptors (Lipinski definition) is 8. The molecule has 0 fully saturated rings. The fourth-order valence-electron chi connectivity index (χ4n) is 3.11. The second-order valence-corrected chi connectivity index (χ2v) is 7.08. The molecule has 30 heavy (non-hydrogen) atoms. The molecule has 4 rings (SSSR count). The Hall–Kier alpha value is -3.65. The van der Waals surface area contributed by atoms with Crippen LogP contribution in [0.3, 0.4) is 0 Å². The SMILES string of the molecule is COc1ccc(-c2cccc(Nc3nccc(-c4nccs4)n3)c2)c(OC)c1OC. The highest BCUT2D eigenvalue weighted by atomic mass is 32.1. The number of methoxy groups -OCH3 is 3. The summed E-state index contributed by atoms with van der Waals surface area (Å²) in [4.78, 5) is 13.2. The normalized spacial score (nSPS) is 10.5. The van der Waals surface area contributed by atoms with E-state index in [4.69, 9.17) is 14.2 Å². The van der Waals surface area contributed by atoms with Crippen LogP contribution in [0.1, 0.15) is 0 Å². The molecule has 0 radical (unpaired) electrons. The lowest BCUT2D eigenvalue weighted by atomic mass is 10.0. The predicted octanol–water partition coefficient (Wildman–Crippen LogP) is 5.04. The van der Waals surface area contributed by atoms with E-state index < -0.39 is 0 Å². The van der Waals surface area contributed by atoms with Gasteiger partial charge in [-0.25, -0.2) is 15.0 Å². The fraction of sp³-hybridized carbons (Fsp3) is 0.136. The lowest BCUT2D eigenvalue weighted by Gasteiger charge is -2.16. The van der Waals surface area contributed by atoms with Crippen LogP contribution in [0.4, 0.5) is 11.6 Å². The molecule has 0 saturated heterocycles. The molecule has 0 bridgehead atoms. The molecule has 0 aliphatic carbocycles. The quantitative estimate of drug-likeness (QED) is 0.449. The number of ether oxygens (including phenoxy) is 3. The third kappa shape index (κ3) is 3.90. The van der Waals surface area contributed by atoms with Gasteiger partial charge in [0.1, 0.15) is 10.7 Å². The Balaban J connectivity index is 1.67. The van der Waals surface area contributed by atoms with Crippen molar-refractivity contribution in [3.8, 4) is 39.1 Å². The Bertz CT molecular complexity index is 1150. The van der Waals surface area contributed by atoms with Gasteiger partial charge in [-0.05, 0) is 35.9 Å². The second kappa shape index (κ2) is 8.79. The molecule has 0 atom stereocenters. The van der Waals surface area contributed by atoms with Gasteiger partial charge in [0.2, 0.25) is 11.7 Å². The van der Waals surface area contributed by atoms with Crippen LogP contribution < -0.4 is 19.5 Å². The maximum Gasteiger partial charge on any atom is 0.227 e. The molecule has 7 nitrogen and oxygen atoms in total. The largest absolute Gasteiger partial charge is 0.493 e. The van der Waals surface area contributed by atoms with Crippen LogP contribution in [0.25, 0.3) is 21.8 Å². The zero-order valence-electron chi connectivity index (χ0n) is 16.7. The molecule has 0 spiro atoms. The molecule has 2 aromatic carbocycles. The topological polar surface area (TPSA) is 78.4 Å². The summed E-state index contributed by atoms with van der Waals surface area (Å²) in [5, 5.41) is 6.04. The van der Waals surface area contributed by atoms with Gasteiger partial charge >= 0.3 is 0 Å². The van der Waals surface area contributed by atoms with Gasteiger partial charge in [0.15, 0.2) is 11.5 Å². The van der Waals surface area contributed by atoms with E-state index in [0.717, 1.165) is 27.5 Å². The maximum atomic E-state index is 5.62. The van der Waals surface area contributed by atoms with Gasteiger partial charge < -0.3 is 19.5 Å². The van der Waals surface area contributed by atoms with Crippen LogP contribution in [0.15, 0.2) is 60.2 Å². The minimum atomic E-state index is 0.499. The number of anilines is 2. The number of benzene rings is 2. The molecule has 0 aliphatic heterocycles. The average Bonchev–Trinajstić information content (AvgIpc) is 3.33. The summed E-state index contributed by atoms with van der Waals surface area (Å²) in [6, 6.07) is 13.6. The number of aromatic nitrogens is 3. The van der Waals surface area contributed by atoms with E-state index in [-0.39, 0.29) is 0 Å². The predicted molar refractivity (Wildman–Crippen MR) is 118 cm³/mol. The standard InChI is InChI=1S/C22H20N4O3S/c1-27-18-8-7-16(19(28-2)20(18)29-3)14-5-4-6-15(13-14)25-22-24-10-9-17(26-22)21-23-11-12-30-21/h4-13H,1-3H3,(H,24,25,26). The van der Waals surface area contributed by atoms with E-state index in [1.165, 1.54) is 11.3 Å². The average molecular weight is 420 g/mol. The third-order valence-electron chi connectivity index (χ3n) is 4.44. The molecule has 0 aliphatic rings. The van der Waals surface area contributed by atoms with Gasteiger partial charge in [-0.3, -0.25) is 0 Å². The number of nitrogens with zero attached hydrogens (tertiary/aromatic N) is 3. The van der Waals surface area contributed by atoms with E-state index in [2.05, 4.69) is 20.3 Å². The minimum absolute atomic E-state index is 0.499. The van der Waals surface area contributed by atoms with Crippen molar-refractivity contribution >= 4 is 23.0 Å². The first-order chi connectivity index (χ1) is 14.7. The van der Waals surface area contributed by atoms with E-state index in [9.17, 15) is 0 Å². The summed E-state index contributed by atoms with van der Waals surface area (Å²) in [6.07, 6.45) is 3.47. The lowest BCUT2D eigenvalue weighted by molar-refractivity contribution is 0.325. The van der Waals surface area contributed by atoms with Crippen molar-refractivity contribution in [2.24, 2.45) is 0 Å². The molecule has 2 aromatic heterocycles. The number of rotatable bonds is 7. The van der Waals surface area contributed by atoms with Crippen molar-refractivity contribution < 1.29 is 14.2 Å². The first kappa shape index (κ1) is 19.7. The smallest absolute Gasteiger partial charge is 0.227 e. The van der Waals surface area contributed by atoms with Crippen molar-refractivity contribution in [1.29, 1.82) is 0 Å². The molecular weight excluding hydrogens is 400 g/mol. The molecule has 8 heteroatoms. The number of nitrogens with one attached hydrogen (secondary N) is 1. The summed E-state index contributed by atoms with van der Waals surface area (Å²) in [5.74, 6) is 2.27. The summed E-state index contributed by atoms with van der Waals surface area (Å²) in [7, 11) is 4.80. The van der Waals surface area contributed by atoms with Gasteiger partial charge in [0.25, 0.3) is 0 Å². The fourth-order valence-corrected chi connectivity index (χ4v) is 3.72. The van der Waals surface area contributed by atoms with Crippen LogP contribution in [-0.2, 0) is 0 Å². The van der Waals surface area contributed by atoms with Crippen molar-refractivity contribution in [2.75, 3.05) is 26.6 Å². The molecule has 0 saturated carbocycles. The van der Waals surface area contributed by atoms with Crippen LogP contribution in [0.2, 0.25) is 0 Å². The molecule has 2 heterocycles. The molecule has 152 valence electrons. The molecule has 4 aromatic rings. The van der Waals surface area contributed by atoms with Crippen LogP contribution >= 0.6 is 11.3 Å². The van der Waals surface area contributed by atoms with Crippen LogP contribution in [-0.4, -0.2) is 36.3 Å². The van der Waals surface area contributed by atoms with E-state index in [1.54, 1.807) is 33.7 Å². The monoisotopic (exact) mass is 420 g/mol. The van der Waals surface area contributed by atoms with E-state index >= 15 is 0 Å². The van der Waals surface area contributed by atoms with Gasteiger partial charge in [0, 0.05) is 29.0 Å². The summed E-state index contributed by atoms with van der Waals surface area (Å²) < 4.78 is 16.5. The van der Waals surface area contributed by atoms with Crippen molar-refractivity contribution in [3.63, 3.8) is 0 Å². The Labute approximate surface area is 178 Å². The van der Waals surface area contributed by atoms with E-state index in [1.807, 2.05) is 47.8 Å². The van der Waals surface area contributed by atoms with Crippen molar-refractivity contribution in [1.82, 2.24) is 15.0 Å². The minimum Gasteiger partial charge on any atom is -0.493 e. The highest BCUT2D eigenvalue weighted by Crippen LogP contribution is 2.44. The first-order valence-electron chi connectivity index (χ1n) is 9.13. The molecular formula is C22H20N4O3S. The van der Waals surface area contributed by atoms with Crippen LogP contribution in [0.5, 0.6) is 17.2 Å². The Morgan fingerprint density at radius 1 is 0.867 bits per heavy atom. The second-order valence-electron chi connectivity index (χ2n) is 6.19. The van der Waals surface area contributed by atoms with Crippen molar-refractivity contribution in [3.05, 3.63) is 60.2 Å². The highest BCUT2D eigenvalue weighted by Gasteiger charge is 2.17. The number of hydrogen-bond donors (Lipinski definition) is 1. The lowest BCUT2D eigenvalue weighted by Crippen LogP contribution is -1.99. The Kier molecular flexibility index (Phi) is 5.76. The van der Waals surface area contributed by atoms with Gasteiger partial charge in [-0.2, -0.15) is 0 Å². The van der Waals surface area contributed by atoms with Crippen LogP contribution in [0, 0.1) is 0 Å². The van der Waals surface area contributed by atoms with Gasteiger partial charge in [0.05, 0.1) is 21.3 Å². The van der Waals surface area contributed by atoms with E-state index in [0.29, 0.717) is 23.2 Å². The molecule has 0 unspecified atom stereocenters. The number of thiazole rings is 1. The summed E-state index contributed by atoms with van der Waals surface area (Å²) in [6.45, 7) is 0. The zero-order valence-corrected chi connectivity index (χ0v) is 17.6. The zero-order chi connectivity index (χ0) is 20.9. The summed E-state index contributed by atoms with van der Waals surface area (Å²) >= 11 is 1.54. The third-order valence-corrected chi connectivity index (χ3v) is 5.24. The Morgan fingerprint density at radius 2 is 1.73 bits per heavy atom. The maximum absolute atomic E-state index is 5.62. The van der Waals surface area contributed by atoms with Gasteiger partial charge in [-0.1, -0.05) is 12.1 Å². The molecule has 0 amide bonds. The Morgan fingerprint density at radius 3 is 2.47 bits per heavy atom. The van der Waals surface area contributed by atoms with Gasteiger partial charge in [-0.15, -0.1) is 11.3 Å². The molecule has 1 N–H and O–H groups in total.